The Morgan fingerprint density at radius 2 is 2.17 bits per heavy atom. The lowest BCUT2D eigenvalue weighted by atomic mass is 10.0. The number of nitrogens with two attached hydrogens (primary N) is 1. The molecular weight excluding hydrogens is 318 g/mol. The first-order valence-electron chi connectivity index (χ1n) is 5.55. The Balaban J connectivity index is 2.39. The summed E-state index contributed by atoms with van der Waals surface area (Å²) in [6.45, 7) is 2.52. The molecule has 96 valence electrons. The fourth-order valence-electron chi connectivity index (χ4n) is 1.70. The monoisotopic (exact) mass is 329 g/mol. The Bertz CT molecular complexity index is 542. The highest BCUT2D eigenvalue weighted by atomic mass is 79.9. The first-order chi connectivity index (χ1) is 8.61. The van der Waals surface area contributed by atoms with E-state index in [1.165, 1.54) is 0 Å². The second-order valence-electron chi connectivity index (χ2n) is 3.73. The standard InChI is InChI=1S/C13H13BrClNO2/c1-2-17-10-4-3-8(14)7-9(10)13(16)11-5-6-12(15)18-11/h3-7,13H,2,16H2,1H3. The molecule has 0 amide bonds. The van der Waals surface area contributed by atoms with Crippen LogP contribution >= 0.6 is 27.5 Å². The second kappa shape index (κ2) is 5.78. The molecular formula is C13H13BrClNO2. The molecule has 0 aliphatic carbocycles. The molecule has 1 aromatic carbocycles. The van der Waals surface area contributed by atoms with Crippen molar-refractivity contribution in [2.75, 3.05) is 6.61 Å². The summed E-state index contributed by atoms with van der Waals surface area (Å²) >= 11 is 9.19. The summed E-state index contributed by atoms with van der Waals surface area (Å²) in [6.07, 6.45) is 0. The molecule has 2 aromatic rings. The summed E-state index contributed by atoms with van der Waals surface area (Å²) in [5, 5.41) is 0.327. The predicted octanol–water partition coefficient (Wildman–Crippen LogP) is 4.14. The Kier molecular flexibility index (Phi) is 4.32. The lowest BCUT2D eigenvalue weighted by Gasteiger charge is -2.15. The van der Waals surface area contributed by atoms with Gasteiger partial charge in [0.05, 0.1) is 12.6 Å². The van der Waals surface area contributed by atoms with Crippen molar-refractivity contribution < 1.29 is 9.15 Å². The normalized spacial score (nSPS) is 12.4. The van der Waals surface area contributed by atoms with Gasteiger partial charge in [0, 0.05) is 10.0 Å². The fourth-order valence-corrected chi connectivity index (χ4v) is 2.23. The van der Waals surface area contributed by atoms with Crippen molar-refractivity contribution in [1.29, 1.82) is 0 Å². The van der Waals surface area contributed by atoms with Gasteiger partial charge in [0.2, 0.25) is 0 Å². The van der Waals surface area contributed by atoms with Crippen LogP contribution in [0.15, 0.2) is 39.2 Å². The number of benzene rings is 1. The lowest BCUT2D eigenvalue weighted by Crippen LogP contribution is -2.12. The zero-order chi connectivity index (χ0) is 13.1. The van der Waals surface area contributed by atoms with E-state index < -0.39 is 6.04 Å². The second-order valence-corrected chi connectivity index (χ2v) is 5.02. The van der Waals surface area contributed by atoms with Crippen molar-refractivity contribution >= 4 is 27.5 Å². The maximum absolute atomic E-state index is 6.18. The Morgan fingerprint density at radius 1 is 1.39 bits per heavy atom. The Labute approximate surface area is 119 Å². The van der Waals surface area contributed by atoms with Gasteiger partial charge in [-0.2, -0.15) is 0 Å². The van der Waals surface area contributed by atoms with Crippen molar-refractivity contribution in [3.8, 4) is 5.75 Å². The lowest BCUT2D eigenvalue weighted by molar-refractivity contribution is 0.333. The van der Waals surface area contributed by atoms with Crippen molar-refractivity contribution in [2.45, 2.75) is 13.0 Å². The third-order valence-corrected chi connectivity index (χ3v) is 3.20. The average molecular weight is 331 g/mol. The molecule has 18 heavy (non-hydrogen) atoms. The maximum atomic E-state index is 6.18. The number of halogens is 2. The van der Waals surface area contributed by atoms with E-state index in [1.807, 2.05) is 25.1 Å². The number of hydrogen-bond acceptors (Lipinski definition) is 3. The highest BCUT2D eigenvalue weighted by molar-refractivity contribution is 9.10. The van der Waals surface area contributed by atoms with Gasteiger partial charge in [0.1, 0.15) is 11.5 Å². The average Bonchev–Trinajstić information content (AvgIpc) is 2.77. The van der Waals surface area contributed by atoms with Crippen molar-refractivity contribution in [2.24, 2.45) is 5.73 Å². The first-order valence-corrected chi connectivity index (χ1v) is 6.72. The van der Waals surface area contributed by atoms with E-state index in [9.17, 15) is 0 Å². The minimum Gasteiger partial charge on any atom is -0.494 e. The molecule has 0 aliphatic heterocycles. The van der Waals surface area contributed by atoms with E-state index in [1.54, 1.807) is 12.1 Å². The van der Waals surface area contributed by atoms with Gasteiger partial charge in [-0.15, -0.1) is 0 Å². The summed E-state index contributed by atoms with van der Waals surface area (Å²) in [4.78, 5) is 0. The molecule has 0 radical (unpaired) electrons. The number of rotatable bonds is 4. The van der Waals surface area contributed by atoms with Crippen LogP contribution in [-0.2, 0) is 0 Å². The van der Waals surface area contributed by atoms with E-state index >= 15 is 0 Å². The van der Waals surface area contributed by atoms with E-state index in [0.717, 1.165) is 15.8 Å². The molecule has 1 heterocycles. The third-order valence-electron chi connectivity index (χ3n) is 2.51. The Morgan fingerprint density at radius 3 is 2.78 bits per heavy atom. The molecule has 0 spiro atoms. The molecule has 5 heteroatoms. The van der Waals surface area contributed by atoms with Gasteiger partial charge >= 0.3 is 0 Å². The number of furan rings is 1. The van der Waals surface area contributed by atoms with Crippen LogP contribution < -0.4 is 10.5 Å². The number of hydrogen-bond donors (Lipinski definition) is 1. The molecule has 0 saturated heterocycles. The first kappa shape index (κ1) is 13.5. The molecule has 2 N–H and O–H groups in total. The van der Waals surface area contributed by atoms with Gasteiger partial charge in [-0.05, 0) is 48.9 Å². The Hall–Kier alpha value is -0.970. The van der Waals surface area contributed by atoms with E-state index in [2.05, 4.69) is 15.9 Å². The molecule has 0 aliphatic rings. The minimum absolute atomic E-state index is 0.327. The SMILES string of the molecule is CCOc1ccc(Br)cc1C(N)c1ccc(Cl)o1. The molecule has 1 unspecified atom stereocenters. The van der Waals surface area contributed by atoms with Crippen LogP contribution in [0.25, 0.3) is 0 Å². The minimum atomic E-state index is -0.406. The molecule has 2 rings (SSSR count). The van der Waals surface area contributed by atoms with Gasteiger partial charge in [-0.1, -0.05) is 15.9 Å². The van der Waals surface area contributed by atoms with Crippen LogP contribution in [0, 0.1) is 0 Å². The van der Waals surface area contributed by atoms with Gasteiger partial charge in [-0.3, -0.25) is 0 Å². The fraction of sp³-hybridized carbons (Fsp3) is 0.231. The molecule has 0 fully saturated rings. The summed E-state index contributed by atoms with van der Waals surface area (Å²) < 4.78 is 11.8. The van der Waals surface area contributed by atoms with Gasteiger partial charge < -0.3 is 14.9 Å². The van der Waals surface area contributed by atoms with E-state index in [-0.39, 0.29) is 0 Å². The maximum Gasteiger partial charge on any atom is 0.193 e. The highest BCUT2D eigenvalue weighted by Crippen LogP contribution is 2.32. The van der Waals surface area contributed by atoms with Crippen LogP contribution in [0.3, 0.4) is 0 Å². The van der Waals surface area contributed by atoms with Gasteiger partial charge in [0.15, 0.2) is 5.22 Å². The molecule has 1 aromatic heterocycles. The van der Waals surface area contributed by atoms with E-state index in [0.29, 0.717) is 17.6 Å². The van der Waals surface area contributed by atoms with Crippen LogP contribution in [0.2, 0.25) is 5.22 Å². The summed E-state index contributed by atoms with van der Waals surface area (Å²) in [7, 11) is 0. The van der Waals surface area contributed by atoms with Crippen LogP contribution in [0.1, 0.15) is 24.3 Å². The largest absolute Gasteiger partial charge is 0.494 e. The highest BCUT2D eigenvalue weighted by Gasteiger charge is 2.18. The zero-order valence-corrected chi connectivity index (χ0v) is 12.2. The third kappa shape index (κ3) is 2.88. The smallest absolute Gasteiger partial charge is 0.193 e. The molecule has 3 nitrogen and oxygen atoms in total. The molecule has 0 saturated carbocycles. The summed E-state index contributed by atoms with van der Waals surface area (Å²) in [5.74, 6) is 1.36. The van der Waals surface area contributed by atoms with Crippen LogP contribution in [-0.4, -0.2) is 6.61 Å². The van der Waals surface area contributed by atoms with Crippen molar-refractivity contribution in [1.82, 2.24) is 0 Å². The predicted molar refractivity (Wildman–Crippen MR) is 75.1 cm³/mol. The number of ether oxygens (including phenoxy) is 1. The van der Waals surface area contributed by atoms with Crippen molar-refractivity contribution in [3.05, 3.63) is 51.3 Å². The van der Waals surface area contributed by atoms with E-state index in [4.69, 9.17) is 26.5 Å². The van der Waals surface area contributed by atoms with Crippen LogP contribution in [0.4, 0.5) is 0 Å². The summed E-state index contributed by atoms with van der Waals surface area (Å²) in [6, 6.07) is 8.76. The van der Waals surface area contributed by atoms with Gasteiger partial charge in [0.25, 0.3) is 0 Å². The van der Waals surface area contributed by atoms with Gasteiger partial charge in [-0.25, -0.2) is 0 Å². The molecule has 0 bridgehead atoms. The quantitative estimate of drug-likeness (QED) is 0.916. The summed E-state index contributed by atoms with van der Waals surface area (Å²) in [5.41, 5.74) is 7.03. The van der Waals surface area contributed by atoms with Crippen LogP contribution in [0.5, 0.6) is 5.75 Å². The topological polar surface area (TPSA) is 48.4 Å². The molecule has 1 atom stereocenters. The van der Waals surface area contributed by atoms with Crippen molar-refractivity contribution in [3.63, 3.8) is 0 Å². The zero-order valence-electron chi connectivity index (χ0n) is 9.82.